The molecule has 0 aliphatic heterocycles. The summed E-state index contributed by atoms with van der Waals surface area (Å²) in [7, 11) is 2.60. The molecule has 3 unspecified atom stereocenters. The lowest BCUT2D eigenvalue weighted by Gasteiger charge is -2.47. The number of carbonyl (C=O) groups is 3. The summed E-state index contributed by atoms with van der Waals surface area (Å²) in [6.45, 7) is 4.03. The molecular formula is C20H22O6. The Hall–Kier alpha value is -2.63. The van der Waals surface area contributed by atoms with Crippen molar-refractivity contribution in [1.82, 2.24) is 0 Å². The lowest BCUT2D eigenvalue weighted by Crippen LogP contribution is -2.52. The van der Waals surface area contributed by atoms with Crippen molar-refractivity contribution in [2.45, 2.75) is 38.2 Å². The highest BCUT2D eigenvalue weighted by atomic mass is 16.5. The van der Waals surface area contributed by atoms with Gasteiger partial charge in [-0.15, -0.1) is 0 Å². The summed E-state index contributed by atoms with van der Waals surface area (Å²) in [5.74, 6) is -1.06. The summed E-state index contributed by atoms with van der Waals surface area (Å²) < 4.78 is 15.4. The van der Waals surface area contributed by atoms with Crippen LogP contribution in [-0.2, 0) is 34.0 Å². The molecule has 138 valence electrons. The van der Waals surface area contributed by atoms with Crippen LogP contribution in [0.25, 0.3) is 5.57 Å². The van der Waals surface area contributed by atoms with E-state index in [0.717, 1.165) is 11.1 Å². The first-order valence-electron chi connectivity index (χ1n) is 8.47. The molecular weight excluding hydrogens is 336 g/mol. The lowest BCUT2D eigenvalue weighted by molar-refractivity contribution is -0.164. The summed E-state index contributed by atoms with van der Waals surface area (Å²) in [4.78, 5) is 36.6. The lowest BCUT2D eigenvalue weighted by atomic mass is 9.57. The number of ether oxygens (including phenoxy) is 3. The maximum atomic E-state index is 12.9. The van der Waals surface area contributed by atoms with E-state index in [2.05, 4.69) is 0 Å². The fourth-order valence-corrected chi connectivity index (χ4v) is 4.72. The molecule has 3 atom stereocenters. The second-order valence-corrected chi connectivity index (χ2v) is 7.07. The van der Waals surface area contributed by atoms with E-state index >= 15 is 0 Å². The Morgan fingerprint density at radius 3 is 2.46 bits per heavy atom. The van der Waals surface area contributed by atoms with E-state index in [0.29, 0.717) is 30.5 Å². The topological polar surface area (TPSA) is 78.9 Å². The van der Waals surface area contributed by atoms with Gasteiger partial charge in [-0.25, -0.2) is 4.79 Å². The standard InChI is InChI=1S/C20H22O6/c1-19-10-9-14(26-11-21)20(2,18(23)25-4)16(19)15(17(22)24-3)12-7-5-6-8-13(12)19/h5-8,11,14H,9-10H2,1-4H3. The summed E-state index contributed by atoms with van der Waals surface area (Å²) in [5.41, 5.74) is 0.839. The molecule has 0 aromatic heterocycles. The average molecular weight is 358 g/mol. The fraction of sp³-hybridized carbons (Fsp3) is 0.450. The highest BCUT2D eigenvalue weighted by molar-refractivity contribution is 6.21. The molecule has 1 saturated carbocycles. The molecule has 0 N–H and O–H groups in total. The van der Waals surface area contributed by atoms with Crippen molar-refractivity contribution in [1.29, 1.82) is 0 Å². The monoisotopic (exact) mass is 358 g/mol. The number of hydrogen-bond acceptors (Lipinski definition) is 6. The van der Waals surface area contributed by atoms with E-state index in [4.69, 9.17) is 14.2 Å². The van der Waals surface area contributed by atoms with Gasteiger partial charge in [0.2, 0.25) is 0 Å². The van der Waals surface area contributed by atoms with Crippen LogP contribution in [0.4, 0.5) is 0 Å². The Labute approximate surface area is 152 Å². The Morgan fingerprint density at radius 2 is 1.85 bits per heavy atom. The van der Waals surface area contributed by atoms with E-state index in [1.54, 1.807) is 6.92 Å². The quantitative estimate of drug-likeness (QED) is 0.467. The maximum Gasteiger partial charge on any atom is 0.338 e. The van der Waals surface area contributed by atoms with Gasteiger partial charge in [0.15, 0.2) is 0 Å². The average Bonchev–Trinajstić information content (AvgIpc) is 2.93. The molecule has 0 radical (unpaired) electrons. The number of esters is 2. The summed E-state index contributed by atoms with van der Waals surface area (Å²) >= 11 is 0. The summed E-state index contributed by atoms with van der Waals surface area (Å²) in [5, 5.41) is 0. The van der Waals surface area contributed by atoms with E-state index in [9.17, 15) is 14.4 Å². The molecule has 1 aromatic rings. The zero-order chi connectivity index (χ0) is 19.1. The van der Waals surface area contributed by atoms with Gasteiger partial charge < -0.3 is 14.2 Å². The summed E-state index contributed by atoms with van der Waals surface area (Å²) in [6.07, 6.45) is 0.391. The summed E-state index contributed by atoms with van der Waals surface area (Å²) in [6, 6.07) is 7.57. The molecule has 2 aliphatic carbocycles. The van der Waals surface area contributed by atoms with Crippen LogP contribution in [0.5, 0.6) is 0 Å². The first kappa shape index (κ1) is 18.2. The minimum atomic E-state index is -1.29. The van der Waals surface area contributed by atoms with Gasteiger partial charge in [0.25, 0.3) is 6.47 Å². The number of rotatable bonds is 4. The number of methoxy groups -OCH3 is 2. The van der Waals surface area contributed by atoms with Gasteiger partial charge in [-0.05, 0) is 36.5 Å². The van der Waals surface area contributed by atoms with Gasteiger partial charge in [-0.2, -0.15) is 0 Å². The van der Waals surface area contributed by atoms with E-state index < -0.39 is 28.9 Å². The minimum Gasteiger partial charge on any atom is -0.468 e. The second-order valence-electron chi connectivity index (χ2n) is 7.07. The molecule has 3 rings (SSSR count). The van der Waals surface area contributed by atoms with Crippen molar-refractivity contribution >= 4 is 24.0 Å². The predicted molar refractivity (Wildman–Crippen MR) is 93.0 cm³/mol. The van der Waals surface area contributed by atoms with Gasteiger partial charge in [0, 0.05) is 5.41 Å². The molecule has 2 aliphatic rings. The molecule has 26 heavy (non-hydrogen) atoms. The third-order valence-electron chi connectivity index (χ3n) is 5.88. The largest absolute Gasteiger partial charge is 0.468 e. The van der Waals surface area contributed by atoms with Crippen molar-refractivity contribution in [3.8, 4) is 0 Å². The van der Waals surface area contributed by atoms with Crippen molar-refractivity contribution in [3.63, 3.8) is 0 Å². The van der Waals surface area contributed by atoms with Crippen LogP contribution < -0.4 is 0 Å². The van der Waals surface area contributed by atoms with Crippen LogP contribution in [0.3, 0.4) is 0 Å². The highest BCUT2D eigenvalue weighted by Crippen LogP contribution is 2.60. The number of fused-ring (bicyclic) bond motifs is 3. The van der Waals surface area contributed by atoms with Gasteiger partial charge in [-0.3, -0.25) is 9.59 Å². The van der Waals surface area contributed by atoms with E-state index in [1.807, 2.05) is 31.2 Å². The highest BCUT2D eigenvalue weighted by Gasteiger charge is 2.61. The molecule has 0 heterocycles. The van der Waals surface area contributed by atoms with E-state index in [-0.39, 0.29) is 0 Å². The first-order chi connectivity index (χ1) is 12.4. The molecule has 0 amide bonds. The smallest absolute Gasteiger partial charge is 0.338 e. The zero-order valence-corrected chi connectivity index (χ0v) is 15.3. The SMILES string of the molecule is COC(=O)C1=C2C(C)(CCC(OC=O)C2(C)C(=O)OC)c2ccccc21. The van der Waals surface area contributed by atoms with Crippen molar-refractivity contribution in [2.24, 2.45) is 5.41 Å². The first-order valence-corrected chi connectivity index (χ1v) is 8.47. The molecule has 0 bridgehead atoms. The van der Waals surface area contributed by atoms with Crippen LogP contribution in [0.2, 0.25) is 0 Å². The van der Waals surface area contributed by atoms with Gasteiger partial charge in [0.05, 0.1) is 19.8 Å². The van der Waals surface area contributed by atoms with Crippen molar-refractivity contribution < 1.29 is 28.6 Å². The number of benzene rings is 1. The fourth-order valence-electron chi connectivity index (χ4n) is 4.72. The normalized spacial score (nSPS) is 29.5. The Morgan fingerprint density at radius 1 is 1.15 bits per heavy atom. The molecule has 0 saturated heterocycles. The molecule has 0 spiro atoms. The van der Waals surface area contributed by atoms with Crippen molar-refractivity contribution in [2.75, 3.05) is 14.2 Å². The van der Waals surface area contributed by atoms with Gasteiger partial charge in [0.1, 0.15) is 11.5 Å². The molecule has 6 heteroatoms. The molecule has 1 fully saturated rings. The Bertz CT molecular complexity index is 810. The minimum absolute atomic E-state index is 0.342. The second kappa shape index (κ2) is 6.27. The third-order valence-corrected chi connectivity index (χ3v) is 5.88. The molecule has 6 nitrogen and oxygen atoms in total. The third kappa shape index (κ3) is 2.21. The Balaban J connectivity index is 2.36. The van der Waals surface area contributed by atoms with Gasteiger partial charge >= 0.3 is 11.9 Å². The zero-order valence-electron chi connectivity index (χ0n) is 15.3. The maximum absolute atomic E-state index is 12.9. The van der Waals surface area contributed by atoms with Crippen LogP contribution >= 0.6 is 0 Å². The van der Waals surface area contributed by atoms with Crippen LogP contribution in [0.15, 0.2) is 29.8 Å². The number of hydrogen-bond donors (Lipinski definition) is 0. The Kier molecular flexibility index (Phi) is 4.38. The van der Waals surface area contributed by atoms with Crippen LogP contribution in [-0.4, -0.2) is 38.7 Å². The molecule has 1 aromatic carbocycles. The van der Waals surface area contributed by atoms with Crippen LogP contribution in [0, 0.1) is 5.41 Å². The number of carbonyl (C=O) groups excluding carboxylic acids is 3. The van der Waals surface area contributed by atoms with Crippen molar-refractivity contribution in [3.05, 3.63) is 41.0 Å². The van der Waals surface area contributed by atoms with Gasteiger partial charge in [-0.1, -0.05) is 31.2 Å². The van der Waals surface area contributed by atoms with E-state index in [1.165, 1.54) is 14.2 Å². The predicted octanol–water partition coefficient (Wildman–Crippen LogP) is 2.40. The van der Waals surface area contributed by atoms with Crippen LogP contribution in [0.1, 0.15) is 37.8 Å².